The van der Waals surface area contributed by atoms with Crippen LogP contribution in [0.3, 0.4) is 0 Å². The molecule has 1 unspecified atom stereocenters. The van der Waals surface area contributed by atoms with Crippen LogP contribution < -0.4 is 16.0 Å². The molecule has 1 saturated heterocycles. The smallest absolute Gasteiger partial charge is 0.255 e. The Hall–Kier alpha value is -3.19. The highest BCUT2D eigenvalue weighted by Gasteiger charge is 2.39. The van der Waals surface area contributed by atoms with E-state index >= 15 is 0 Å². The van der Waals surface area contributed by atoms with E-state index in [-0.39, 0.29) is 24.1 Å². The first-order valence-electron chi connectivity index (χ1n) is 11.9. The zero-order chi connectivity index (χ0) is 22.8. The summed E-state index contributed by atoms with van der Waals surface area (Å²) < 4.78 is 0. The van der Waals surface area contributed by atoms with Gasteiger partial charge in [0.15, 0.2) is 0 Å². The van der Waals surface area contributed by atoms with Gasteiger partial charge in [0.05, 0.1) is 0 Å². The molecule has 3 aliphatic rings. The maximum absolute atomic E-state index is 12.9. The first kappa shape index (κ1) is 21.6. The quantitative estimate of drug-likeness (QED) is 0.594. The molecule has 2 aliphatic heterocycles. The van der Waals surface area contributed by atoms with Crippen LogP contribution in [-0.2, 0) is 22.7 Å². The molecular formula is C26H30N4O3. The number of anilines is 1. The lowest BCUT2D eigenvalue weighted by molar-refractivity contribution is -0.136. The van der Waals surface area contributed by atoms with Gasteiger partial charge in [0, 0.05) is 42.8 Å². The molecule has 2 aromatic carbocycles. The van der Waals surface area contributed by atoms with Crippen molar-refractivity contribution in [3.63, 3.8) is 0 Å². The summed E-state index contributed by atoms with van der Waals surface area (Å²) in [5, 5.41) is 9.79. The Bertz CT molecular complexity index is 1050. The van der Waals surface area contributed by atoms with E-state index < -0.39 is 6.04 Å². The summed E-state index contributed by atoms with van der Waals surface area (Å²) in [5.41, 5.74) is 3.86. The normalized spacial score (nSPS) is 25.0. The number of nitrogens with zero attached hydrogens (tertiary/aromatic N) is 1. The number of carbonyl (C=O) groups excluding carboxylic acids is 3. The molecule has 3 atom stereocenters. The van der Waals surface area contributed by atoms with Crippen molar-refractivity contribution in [2.24, 2.45) is 0 Å². The van der Waals surface area contributed by atoms with Crippen LogP contribution in [0.2, 0.25) is 0 Å². The standard InChI is InChI=1S/C26H30N4O3/c31-24-13-12-23(25(32)29-24)30-16-18-14-19(10-11-20(18)26(30)33)28-22-9-5-4-8-21(22)27-15-17-6-2-1-3-7-17/h1-3,6-7,10-11,14,21-23,27-28H,4-5,8-9,12-13,15-16H2,(H,29,31,32)/t21-,22-,23?/m1/s1. The minimum absolute atomic E-state index is 0.133. The molecule has 0 radical (unpaired) electrons. The number of piperidine rings is 1. The number of fused-ring (bicyclic) bond motifs is 1. The molecule has 3 N–H and O–H groups in total. The summed E-state index contributed by atoms with van der Waals surface area (Å²) >= 11 is 0. The molecular weight excluding hydrogens is 416 g/mol. The molecule has 172 valence electrons. The Morgan fingerprint density at radius 3 is 2.52 bits per heavy atom. The van der Waals surface area contributed by atoms with Crippen molar-refractivity contribution in [1.82, 2.24) is 15.5 Å². The summed E-state index contributed by atoms with van der Waals surface area (Å²) in [4.78, 5) is 38.3. The van der Waals surface area contributed by atoms with E-state index in [9.17, 15) is 14.4 Å². The number of hydrogen-bond donors (Lipinski definition) is 3. The number of benzene rings is 2. The van der Waals surface area contributed by atoms with Gasteiger partial charge in [0.25, 0.3) is 5.91 Å². The van der Waals surface area contributed by atoms with E-state index in [0.29, 0.717) is 30.6 Å². The second-order valence-electron chi connectivity index (χ2n) is 9.28. The third-order valence-electron chi connectivity index (χ3n) is 7.05. The average Bonchev–Trinajstić information content (AvgIpc) is 3.14. The highest BCUT2D eigenvalue weighted by Crippen LogP contribution is 2.31. The van der Waals surface area contributed by atoms with Crippen LogP contribution in [0, 0.1) is 0 Å². The highest BCUT2D eigenvalue weighted by molar-refractivity contribution is 6.05. The second kappa shape index (κ2) is 9.35. The van der Waals surface area contributed by atoms with Gasteiger partial charge in [-0.1, -0.05) is 43.2 Å². The molecule has 3 amide bonds. The molecule has 2 aromatic rings. The topological polar surface area (TPSA) is 90.5 Å². The third-order valence-corrected chi connectivity index (χ3v) is 7.05. The number of nitrogens with one attached hydrogen (secondary N) is 3. The van der Waals surface area contributed by atoms with Crippen molar-refractivity contribution < 1.29 is 14.4 Å². The summed E-state index contributed by atoms with van der Waals surface area (Å²) in [7, 11) is 0. The Morgan fingerprint density at radius 1 is 0.939 bits per heavy atom. The molecule has 1 saturated carbocycles. The van der Waals surface area contributed by atoms with Gasteiger partial charge < -0.3 is 15.5 Å². The van der Waals surface area contributed by atoms with Crippen LogP contribution in [-0.4, -0.2) is 40.7 Å². The molecule has 7 nitrogen and oxygen atoms in total. The van der Waals surface area contributed by atoms with Crippen LogP contribution in [0.25, 0.3) is 0 Å². The fraction of sp³-hybridized carbons (Fsp3) is 0.423. The molecule has 0 aromatic heterocycles. The monoisotopic (exact) mass is 446 g/mol. The van der Waals surface area contributed by atoms with Gasteiger partial charge in [-0.25, -0.2) is 0 Å². The maximum atomic E-state index is 12.9. The van der Waals surface area contributed by atoms with Crippen molar-refractivity contribution in [2.45, 2.75) is 69.7 Å². The molecule has 0 spiro atoms. The zero-order valence-electron chi connectivity index (χ0n) is 18.7. The van der Waals surface area contributed by atoms with Gasteiger partial charge in [-0.05, 0) is 48.6 Å². The van der Waals surface area contributed by atoms with Crippen LogP contribution in [0.1, 0.15) is 60.0 Å². The highest BCUT2D eigenvalue weighted by atomic mass is 16.2. The number of amides is 3. The number of imide groups is 1. The summed E-state index contributed by atoms with van der Waals surface area (Å²) in [6.45, 7) is 1.25. The van der Waals surface area contributed by atoms with Crippen molar-refractivity contribution >= 4 is 23.4 Å². The minimum atomic E-state index is -0.580. The molecule has 2 heterocycles. The molecule has 33 heavy (non-hydrogen) atoms. The van der Waals surface area contributed by atoms with Crippen molar-refractivity contribution in [1.29, 1.82) is 0 Å². The number of carbonyl (C=O) groups is 3. The molecule has 0 bridgehead atoms. The van der Waals surface area contributed by atoms with Gasteiger partial charge >= 0.3 is 0 Å². The number of rotatable bonds is 6. The largest absolute Gasteiger partial charge is 0.381 e. The average molecular weight is 447 g/mol. The van der Waals surface area contributed by atoms with Gasteiger partial charge in [-0.15, -0.1) is 0 Å². The van der Waals surface area contributed by atoms with Crippen molar-refractivity contribution in [3.05, 3.63) is 65.2 Å². The van der Waals surface area contributed by atoms with Crippen LogP contribution in [0.5, 0.6) is 0 Å². The fourth-order valence-corrected chi connectivity index (χ4v) is 5.27. The molecule has 2 fully saturated rings. The fourth-order valence-electron chi connectivity index (χ4n) is 5.27. The van der Waals surface area contributed by atoms with Crippen LogP contribution in [0.4, 0.5) is 5.69 Å². The van der Waals surface area contributed by atoms with Crippen molar-refractivity contribution in [3.8, 4) is 0 Å². The van der Waals surface area contributed by atoms with Crippen LogP contribution >= 0.6 is 0 Å². The maximum Gasteiger partial charge on any atom is 0.255 e. The van der Waals surface area contributed by atoms with Crippen LogP contribution in [0.15, 0.2) is 48.5 Å². The van der Waals surface area contributed by atoms with E-state index in [1.54, 1.807) is 4.90 Å². The molecule has 5 rings (SSSR count). The molecule has 1 aliphatic carbocycles. The Balaban J connectivity index is 1.25. The predicted octanol–water partition coefficient (Wildman–Crippen LogP) is 2.96. The van der Waals surface area contributed by atoms with E-state index in [2.05, 4.69) is 40.2 Å². The summed E-state index contributed by atoms with van der Waals surface area (Å²) in [6.07, 6.45) is 5.31. The summed E-state index contributed by atoms with van der Waals surface area (Å²) in [5.74, 6) is -0.777. The van der Waals surface area contributed by atoms with E-state index in [1.165, 1.54) is 18.4 Å². The van der Waals surface area contributed by atoms with Gasteiger partial charge in [-0.2, -0.15) is 0 Å². The lowest BCUT2D eigenvalue weighted by Gasteiger charge is -2.34. The summed E-state index contributed by atoms with van der Waals surface area (Å²) in [6, 6.07) is 16.5. The third kappa shape index (κ3) is 4.64. The number of hydrogen-bond acceptors (Lipinski definition) is 5. The lowest BCUT2D eigenvalue weighted by atomic mass is 9.89. The van der Waals surface area contributed by atoms with Gasteiger partial charge in [0.2, 0.25) is 11.8 Å². The zero-order valence-corrected chi connectivity index (χ0v) is 18.7. The van der Waals surface area contributed by atoms with E-state index in [1.807, 2.05) is 24.3 Å². The van der Waals surface area contributed by atoms with Gasteiger partial charge in [0.1, 0.15) is 6.04 Å². The van der Waals surface area contributed by atoms with E-state index in [0.717, 1.165) is 30.6 Å². The first-order chi connectivity index (χ1) is 16.1. The predicted molar refractivity (Wildman–Crippen MR) is 125 cm³/mol. The van der Waals surface area contributed by atoms with Gasteiger partial charge in [-0.3, -0.25) is 19.7 Å². The molecule has 7 heteroatoms. The Labute approximate surface area is 193 Å². The van der Waals surface area contributed by atoms with Crippen molar-refractivity contribution in [2.75, 3.05) is 5.32 Å². The SMILES string of the molecule is O=C1CCC(N2Cc3cc(N[C@@H]4CCCC[C@H]4NCc4ccccc4)ccc3C2=O)C(=O)N1. The second-order valence-corrected chi connectivity index (χ2v) is 9.28. The lowest BCUT2D eigenvalue weighted by Crippen LogP contribution is -2.52. The Morgan fingerprint density at radius 2 is 1.73 bits per heavy atom. The minimum Gasteiger partial charge on any atom is -0.381 e. The first-order valence-corrected chi connectivity index (χ1v) is 11.9. The Kier molecular flexibility index (Phi) is 6.13. The van der Waals surface area contributed by atoms with E-state index in [4.69, 9.17) is 0 Å².